The van der Waals surface area contributed by atoms with Gasteiger partial charge in [0.2, 0.25) is 88.6 Å². The lowest BCUT2D eigenvalue weighted by atomic mass is 9.98. The fraction of sp³-hybridized carbons (Fsp3) is 0.448. The number of likely N-dealkylation sites (N-methyl/N-ethyl adjacent to an activating group) is 4. The van der Waals surface area contributed by atoms with Gasteiger partial charge in [-0.25, -0.2) is 0 Å². The summed E-state index contributed by atoms with van der Waals surface area (Å²) in [6, 6.07) is 28.8. The molecule has 33 nitrogen and oxygen atoms in total. The van der Waals surface area contributed by atoms with Gasteiger partial charge in [0.25, 0.3) is 0 Å². The first-order valence-corrected chi connectivity index (χ1v) is 45.4. The van der Waals surface area contributed by atoms with Crippen molar-refractivity contribution >= 4 is 111 Å². The van der Waals surface area contributed by atoms with Crippen molar-refractivity contribution in [2.24, 2.45) is 17.6 Å². The summed E-state index contributed by atoms with van der Waals surface area (Å²) in [6.45, 7) is 7.70. The normalized spacial score (nSPS) is 23.4. The van der Waals surface area contributed by atoms with Gasteiger partial charge < -0.3 is 92.9 Å². The number of hydrogen-bond acceptors (Lipinski definition) is 18. The number of aromatic amines is 1. The zero-order valence-corrected chi connectivity index (χ0v) is 75.9. The average molecular weight is 1800 g/mol. The van der Waals surface area contributed by atoms with Gasteiger partial charge in [-0.1, -0.05) is 181 Å². The minimum atomic E-state index is -1.58. The quantitative estimate of drug-likeness (QED) is 0.0485. The fourth-order valence-electron chi connectivity index (χ4n) is 16.7. The minimum absolute atomic E-state index is 0.0587. The third-order valence-corrected chi connectivity index (χ3v) is 25.0. The molecule has 4 heterocycles. The van der Waals surface area contributed by atoms with Crippen LogP contribution in [0.5, 0.6) is 11.5 Å². The van der Waals surface area contributed by atoms with Crippen LogP contribution in [0.4, 0.5) is 0 Å². The summed E-state index contributed by atoms with van der Waals surface area (Å²) >= 11 is 0.862. The zero-order chi connectivity index (χ0) is 94.0. The molecule has 12 atom stereocenters. The van der Waals surface area contributed by atoms with E-state index in [0.29, 0.717) is 70.0 Å². The maximum atomic E-state index is 15.8. The van der Waals surface area contributed by atoms with E-state index in [0.717, 1.165) is 16.7 Å². The Balaban J connectivity index is 1.03. The molecular weight excluding hydrogens is 1680 g/mol. The maximum absolute atomic E-state index is 15.8. The molecule has 15 amide bonds. The van der Waals surface area contributed by atoms with Crippen molar-refractivity contribution < 1.29 is 82.1 Å². The molecule has 3 aliphatic heterocycles. The number of thioether (sulfide) groups is 1. The predicted molar refractivity (Wildman–Crippen MR) is 490 cm³/mol. The number of amides is 15. The number of hydrogen-bond donors (Lipinski definition) is 12. The predicted octanol–water partition coefficient (Wildman–Crippen LogP) is 3.89. The highest BCUT2D eigenvalue weighted by Crippen LogP contribution is 2.30. The third-order valence-electron chi connectivity index (χ3n) is 23.9. The van der Waals surface area contributed by atoms with Crippen molar-refractivity contribution in [2.75, 3.05) is 65.9 Å². The number of carbonyl (C=O) groups is 15. The molecule has 3 fully saturated rings. The largest absolute Gasteiger partial charge is 0.508 e. The zero-order valence-electron chi connectivity index (χ0n) is 75.1. The summed E-state index contributed by atoms with van der Waals surface area (Å²) in [7, 11) is 5.63. The Morgan fingerprint density at radius 1 is 0.469 bits per heavy atom. The first-order valence-electron chi connectivity index (χ1n) is 44.3. The second-order valence-corrected chi connectivity index (χ2v) is 35.6. The summed E-state index contributed by atoms with van der Waals surface area (Å²) < 4.78 is 0. The van der Waals surface area contributed by atoms with E-state index in [2.05, 4.69) is 47.5 Å². The van der Waals surface area contributed by atoms with Crippen LogP contribution in [0.1, 0.15) is 119 Å². The number of unbranched alkanes of at least 4 members (excludes halogenated alkanes) is 1. The summed E-state index contributed by atoms with van der Waals surface area (Å²) in [5, 5.41) is 43.6. The number of aromatic nitrogens is 1. The minimum Gasteiger partial charge on any atom is -0.508 e. The molecule has 130 heavy (non-hydrogen) atoms. The van der Waals surface area contributed by atoms with Crippen LogP contribution in [-0.4, -0.2) is 272 Å². The number of para-hydroxylation sites is 1. The number of rotatable bonds is 21. The van der Waals surface area contributed by atoms with Crippen molar-refractivity contribution in [3.63, 3.8) is 0 Å². The number of nitrogens with one attached hydrogen (secondary N) is 9. The number of nitrogens with zero attached hydrogens (tertiary/aromatic N) is 6. The van der Waals surface area contributed by atoms with E-state index >= 15 is 52.7 Å². The summed E-state index contributed by atoms with van der Waals surface area (Å²) in [6.07, 6.45) is 2.96. The lowest BCUT2D eigenvalue weighted by Crippen LogP contribution is -2.61. The van der Waals surface area contributed by atoms with E-state index < -0.39 is 186 Å². The second kappa shape index (κ2) is 47.3. The molecule has 13 N–H and O–H groups in total. The Hall–Kier alpha value is -13.1. The third kappa shape index (κ3) is 27.2. The molecule has 0 saturated carbocycles. The number of phenols is 2. The maximum Gasteiger partial charge on any atom is 0.246 e. The van der Waals surface area contributed by atoms with Gasteiger partial charge >= 0.3 is 0 Å². The highest BCUT2D eigenvalue weighted by atomic mass is 32.2. The van der Waals surface area contributed by atoms with Crippen LogP contribution in [0.15, 0.2) is 170 Å². The number of phenolic OH excluding ortho intramolecular Hbond substituents is 2. The summed E-state index contributed by atoms with van der Waals surface area (Å²) in [5.41, 5.74) is 9.44. The van der Waals surface area contributed by atoms with Crippen molar-refractivity contribution in [2.45, 2.75) is 197 Å². The Kier molecular flexibility index (Phi) is 36.0. The SMILES string of the molecule is CCCC[C@H]1C(=O)N2CCC[C@@H]2C(=O)N2CCC[C@H]2C(=O)N[C@@H](C(C)C)C(=O)N(C)C(Cc2ccccc2)C(=O)N[C@@H](Cc2ccc(O)cc2)C(=O)N(C)CC(=O)N[C@@H](Cc2c[nH]c3ccccc23)C(=O)N[C@@H](Cc2ccc(O)cc2)C(=O)N[C@@H](CC(C)C)C(=O)N[C@H](C(=O)NCC(N)=O)CSCC(=O)N[C@@H](Cc2ccccc2)C(=O)N(C)[C@@H](Cc2ccccc2)C(=O)N1C. The first kappa shape index (κ1) is 99.0. The van der Waals surface area contributed by atoms with Gasteiger partial charge in [-0.3, -0.25) is 71.9 Å². The molecule has 10 rings (SSSR count). The number of H-pyrrole nitrogens is 1. The lowest BCUT2D eigenvalue weighted by Gasteiger charge is -2.38. The van der Waals surface area contributed by atoms with Gasteiger partial charge in [-0.2, -0.15) is 0 Å². The molecule has 7 aromatic rings. The molecule has 3 saturated heterocycles. The van der Waals surface area contributed by atoms with E-state index in [9.17, 15) is 29.4 Å². The van der Waals surface area contributed by atoms with Crippen LogP contribution in [0.3, 0.4) is 0 Å². The number of carbonyl (C=O) groups excluding carboxylic acids is 15. The van der Waals surface area contributed by atoms with Crippen LogP contribution in [0.25, 0.3) is 10.9 Å². The van der Waals surface area contributed by atoms with Gasteiger partial charge in [0.05, 0.1) is 18.8 Å². The van der Waals surface area contributed by atoms with E-state index in [4.69, 9.17) is 5.73 Å². The van der Waals surface area contributed by atoms with E-state index in [1.165, 1.54) is 101 Å². The topological polar surface area (TPSA) is 454 Å². The van der Waals surface area contributed by atoms with Crippen molar-refractivity contribution in [3.05, 3.63) is 203 Å². The van der Waals surface area contributed by atoms with Crippen molar-refractivity contribution in [1.82, 2.24) is 76.9 Å². The van der Waals surface area contributed by atoms with Gasteiger partial charge in [0.15, 0.2) is 0 Å². The standard InChI is InChI=1S/C96H122N16O17S/c1-10-11-33-77-94(127)112-45-24-35-78(112)95(128)111-44-23-34-76(111)89(122)106-84(59(4)5)96(129)109(8)79(50-61-27-17-13-18-28-61)90(123)104-73(49-64-38-42-67(114)43-39-64)91(124)107(6)55-82(116)100-72(52-65-53-98-69-32-22-21-31-68(65)69)88(121)103-71(47-63-36-40-66(113)41-37-63)87(120)102-70(46-58(2)3)86(119)105-75(85(118)99-54-81(97)115)56-130-57-83(117)101-74(48-60-25-15-12-16-26-60)92(125)110(9)80(93(126)108(77)7)51-62-29-19-14-20-30-62/h12-22,25-32,36-43,53,58-59,70-80,84,98,113-114H,10-11,23-24,33-35,44-52,54-57H2,1-9H3,(H2,97,115)(H,99,118)(H,100,116)(H,101,117)(H,102,120)(H,103,121)(H,104,123)(H,105,119)(H,106,122)/t70-,71-,72-,73-,74-,75-,76-,77-,78+,79?,80-,84-/m0/s1. The fourth-order valence-corrected chi connectivity index (χ4v) is 17.6. The van der Waals surface area contributed by atoms with Crippen LogP contribution in [0, 0.1) is 11.8 Å². The van der Waals surface area contributed by atoms with Crippen LogP contribution < -0.4 is 48.3 Å². The van der Waals surface area contributed by atoms with Crippen molar-refractivity contribution in [1.29, 1.82) is 0 Å². The molecule has 0 radical (unpaired) electrons. The van der Waals surface area contributed by atoms with Crippen LogP contribution >= 0.6 is 11.8 Å². The van der Waals surface area contributed by atoms with Crippen molar-refractivity contribution in [3.8, 4) is 11.5 Å². The molecular formula is C96H122N16O17S. The molecule has 0 aliphatic carbocycles. The van der Waals surface area contributed by atoms with Gasteiger partial charge in [-0.05, 0) is 114 Å². The van der Waals surface area contributed by atoms with E-state index in [-0.39, 0.29) is 100 Å². The highest BCUT2D eigenvalue weighted by Gasteiger charge is 2.48. The summed E-state index contributed by atoms with van der Waals surface area (Å²) in [4.78, 5) is 236. The molecule has 694 valence electrons. The van der Waals surface area contributed by atoms with Gasteiger partial charge in [0, 0.05) is 103 Å². The number of nitrogens with two attached hydrogens (primary N) is 1. The van der Waals surface area contributed by atoms with E-state index in [1.54, 1.807) is 149 Å². The van der Waals surface area contributed by atoms with Gasteiger partial charge in [-0.15, -0.1) is 11.8 Å². The number of benzene rings is 6. The molecule has 1 aromatic heterocycles. The van der Waals surface area contributed by atoms with Crippen LogP contribution in [0.2, 0.25) is 0 Å². The molecule has 34 heteroatoms. The monoisotopic (exact) mass is 1800 g/mol. The van der Waals surface area contributed by atoms with E-state index in [1.807, 2.05) is 6.92 Å². The number of primary amides is 1. The molecule has 6 aromatic carbocycles. The van der Waals surface area contributed by atoms with Crippen LogP contribution in [-0.2, 0) is 110 Å². The number of aromatic hydroxyl groups is 2. The summed E-state index contributed by atoms with van der Waals surface area (Å²) in [5.74, 6) is -13.6. The average Bonchev–Trinajstić information content (AvgIpc) is 1.61. The molecule has 0 spiro atoms. The highest BCUT2D eigenvalue weighted by molar-refractivity contribution is 8.00. The van der Waals surface area contributed by atoms with Gasteiger partial charge in [0.1, 0.15) is 84.0 Å². The Labute approximate surface area is 761 Å². The lowest BCUT2D eigenvalue weighted by molar-refractivity contribution is -0.154. The Bertz CT molecular complexity index is 5120. The Morgan fingerprint density at radius 2 is 0.946 bits per heavy atom. The second-order valence-electron chi connectivity index (χ2n) is 34.5. The Morgan fingerprint density at radius 3 is 1.52 bits per heavy atom. The molecule has 3 aliphatic rings. The molecule has 1 unspecified atom stereocenters. The first-order chi connectivity index (χ1) is 62.2. The number of fused-ring (bicyclic) bond motifs is 3. The molecule has 0 bridgehead atoms. The smallest absolute Gasteiger partial charge is 0.246 e.